The molecule has 0 spiro atoms. The average Bonchev–Trinajstić information content (AvgIpc) is 3.06. The molecule has 5 rings (SSSR count). The lowest BCUT2D eigenvalue weighted by Gasteiger charge is -2.30. The Bertz CT molecular complexity index is 1050. The fourth-order valence-corrected chi connectivity index (χ4v) is 4.24. The number of para-hydroxylation sites is 1. The van der Waals surface area contributed by atoms with Gasteiger partial charge in [0.15, 0.2) is 0 Å². The molecule has 2 heteroatoms. The highest BCUT2D eigenvalue weighted by molar-refractivity contribution is 5.85. The molecule has 1 unspecified atom stereocenters. The van der Waals surface area contributed by atoms with E-state index in [-0.39, 0.29) is 0 Å². The first-order valence-electron chi connectivity index (χ1n) is 9.42. The van der Waals surface area contributed by atoms with Gasteiger partial charge in [-0.05, 0) is 59.4 Å². The Hall–Kier alpha value is -3.10. The topological polar surface area (TPSA) is 38.0 Å². The van der Waals surface area contributed by atoms with Crippen molar-refractivity contribution < 1.29 is 0 Å². The van der Waals surface area contributed by atoms with Crippen LogP contribution < -0.4 is 11.1 Å². The lowest BCUT2D eigenvalue weighted by Crippen LogP contribution is -2.36. The maximum atomic E-state index is 6.77. The Balaban J connectivity index is 1.41. The van der Waals surface area contributed by atoms with Crippen LogP contribution >= 0.6 is 0 Å². The average molecular weight is 350 g/mol. The molecule has 2 nitrogen and oxygen atoms in total. The van der Waals surface area contributed by atoms with Gasteiger partial charge < -0.3 is 11.1 Å². The van der Waals surface area contributed by atoms with E-state index in [2.05, 4.69) is 72.1 Å². The molecule has 0 saturated carbocycles. The van der Waals surface area contributed by atoms with Crippen LogP contribution in [0.1, 0.15) is 23.1 Å². The van der Waals surface area contributed by atoms with Gasteiger partial charge in [0.25, 0.3) is 0 Å². The molecule has 0 amide bonds. The number of nitrogens with two attached hydrogens (primary N) is 1. The fraction of sp³-hybridized carbons (Fsp3) is 0.120. The smallest absolute Gasteiger partial charge is 0.0636 e. The summed E-state index contributed by atoms with van der Waals surface area (Å²) >= 11 is 0. The minimum absolute atomic E-state index is 0.409. The molecule has 0 aromatic heterocycles. The predicted octanol–water partition coefficient (Wildman–Crippen LogP) is 5.55. The third-order valence-electron chi connectivity index (χ3n) is 5.61. The highest BCUT2D eigenvalue weighted by Gasteiger charge is 2.33. The van der Waals surface area contributed by atoms with Crippen molar-refractivity contribution in [3.05, 3.63) is 113 Å². The summed E-state index contributed by atoms with van der Waals surface area (Å²) in [5.74, 6) is 0. The highest BCUT2D eigenvalue weighted by atomic mass is 14.9. The van der Waals surface area contributed by atoms with Crippen molar-refractivity contribution in [1.29, 1.82) is 0 Å². The number of anilines is 2. The van der Waals surface area contributed by atoms with E-state index in [1.165, 1.54) is 27.8 Å². The molecule has 3 N–H and O–H groups in total. The van der Waals surface area contributed by atoms with E-state index in [4.69, 9.17) is 5.73 Å². The number of nitrogens with one attached hydrogen (secondary N) is 1. The van der Waals surface area contributed by atoms with Crippen LogP contribution in [-0.2, 0) is 12.0 Å². The molecule has 132 valence electrons. The maximum Gasteiger partial charge on any atom is 0.0636 e. The van der Waals surface area contributed by atoms with Crippen molar-refractivity contribution in [3.8, 4) is 0 Å². The van der Waals surface area contributed by atoms with Gasteiger partial charge in [0.2, 0.25) is 0 Å². The zero-order chi connectivity index (χ0) is 18.3. The molecule has 0 fully saturated rings. The molecule has 0 bridgehead atoms. The molecule has 0 saturated heterocycles. The standard InChI is InChI=1S/C25H22N2/c26-25(20-7-3-1-4-8-20)14-13-24-19(17-25)15-18-16-22(11-12-23(18)24)27-21-9-5-2-6-10-21/h1-14,16,27H,15,17,26H2. The van der Waals surface area contributed by atoms with E-state index >= 15 is 0 Å². The summed E-state index contributed by atoms with van der Waals surface area (Å²) in [4.78, 5) is 0. The third kappa shape index (κ3) is 2.88. The van der Waals surface area contributed by atoms with Crippen molar-refractivity contribution in [3.63, 3.8) is 0 Å². The van der Waals surface area contributed by atoms with Crippen molar-refractivity contribution in [2.24, 2.45) is 5.73 Å². The van der Waals surface area contributed by atoms with Crippen LogP contribution in [0.25, 0.3) is 5.57 Å². The van der Waals surface area contributed by atoms with Crippen molar-refractivity contribution in [2.75, 3.05) is 5.32 Å². The molecule has 0 heterocycles. The maximum absolute atomic E-state index is 6.77. The molecule has 0 aliphatic heterocycles. The second-order valence-electron chi connectivity index (χ2n) is 7.47. The van der Waals surface area contributed by atoms with E-state index in [1.807, 2.05) is 24.3 Å². The first kappa shape index (κ1) is 16.1. The minimum Gasteiger partial charge on any atom is -0.356 e. The highest BCUT2D eigenvalue weighted by Crippen LogP contribution is 2.44. The molecule has 3 aromatic rings. The summed E-state index contributed by atoms with van der Waals surface area (Å²) in [6.07, 6.45) is 6.25. The number of hydrogen-bond acceptors (Lipinski definition) is 2. The van der Waals surface area contributed by atoms with Gasteiger partial charge >= 0.3 is 0 Å². The quantitative estimate of drug-likeness (QED) is 0.649. The van der Waals surface area contributed by atoms with Crippen molar-refractivity contribution >= 4 is 16.9 Å². The zero-order valence-electron chi connectivity index (χ0n) is 15.2. The van der Waals surface area contributed by atoms with Crippen LogP contribution in [0, 0.1) is 0 Å². The summed E-state index contributed by atoms with van der Waals surface area (Å²) in [6.45, 7) is 0. The lowest BCUT2D eigenvalue weighted by molar-refractivity contribution is 0.547. The van der Waals surface area contributed by atoms with Crippen molar-refractivity contribution in [2.45, 2.75) is 18.4 Å². The van der Waals surface area contributed by atoms with Gasteiger partial charge in [0.1, 0.15) is 0 Å². The summed E-state index contributed by atoms with van der Waals surface area (Å²) in [5.41, 5.74) is 15.3. The summed E-state index contributed by atoms with van der Waals surface area (Å²) in [5, 5.41) is 3.50. The number of rotatable bonds is 3. The number of hydrogen-bond donors (Lipinski definition) is 2. The normalized spacial score (nSPS) is 20.3. The van der Waals surface area contributed by atoms with Gasteiger partial charge in [-0.3, -0.25) is 0 Å². The Morgan fingerprint density at radius 1 is 0.815 bits per heavy atom. The summed E-state index contributed by atoms with van der Waals surface area (Å²) in [7, 11) is 0. The van der Waals surface area contributed by atoms with Gasteiger partial charge in [-0.25, -0.2) is 0 Å². The molecule has 27 heavy (non-hydrogen) atoms. The third-order valence-corrected chi connectivity index (χ3v) is 5.61. The SMILES string of the molecule is NC1(c2ccccc2)C=CC2=C(Cc3cc(Nc4ccccc4)ccc32)C1. The van der Waals surface area contributed by atoms with Gasteiger partial charge in [0.05, 0.1) is 5.54 Å². The van der Waals surface area contributed by atoms with Crippen LogP contribution in [0.3, 0.4) is 0 Å². The number of fused-ring (bicyclic) bond motifs is 2. The Labute approximate surface area is 160 Å². The molecule has 0 radical (unpaired) electrons. The van der Waals surface area contributed by atoms with Gasteiger partial charge in [0, 0.05) is 11.4 Å². The van der Waals surface area contributed by atoms with E-state index in [9.17, 15) is 0 Å². The van der Waals surface area contributed by atoms with Crippen molar-refractivity contribution in [1.82, 2.24) is 0 Å². The van der Waals surface area contributed by atoms with Crippen LogP contribution in [0.15, 0.2) is 96.6 Å². The minimum atomic E-state index is -0.409. The fourth-order valence-electron chi connectivity index (χ4n) is 4.24. The first-order valence-corrected chi connectivity index (χ1v) is 9.42. The van der Waals surface area contributed by atoms with Crippen LogP contribution in [0.5, 0.6) is 0 Å². The number of allylic oxidation sites excluding steroid dienone is 2. The Kier molecular flexibility index (Phi) is 3.73. The van der Waals surface area contributed by atoms with Gasteiger partial charge in [-0.2, -0.15) is 0 Å². The molecule has 2 aliphatic carbocycles. The van der Waals surface area contributed by atoms with Crippen LogP contribution in [0.2, 0.25) is 0 Å². The molecule has 1 atom stereocenters. The summed E-state index contributed by atoms with van der Waals surface area (Å²) < 4.78 is 0. The van der Waals surface area contributed by atoms with Crippen LogP contribution in [0.4, 0.5) is 11.4 Å². The van der Waals surface area contributed by atoms with Crippen LogP contribution in [-0.4, -0.2) is 0 Å². The number of benzene rings is 3. The zero-order valence-corrected chi connectivity index (χ0v) is 15.2. The molecule has 2 aliphatic rings. The van der Waals surface area contributed by atoms with E-state index in [1.54, 1.807) is 0 Å². The second-order valence-corrected chi connectivity index (χ2v) is 7.47. The van der Waals surface area contributed by atoms with E-state index in [0.29, 0.717) is 0 Å². The molecular weight excluding hydrogens is 328 g/mol. The monoisotopic (exact) mass is 350 g/mol. The van der Waals surface area contributed by atoms with E-state index in [0.717, 1.165) is 24.2 Å². The van der Waals surface area contributed by atoms with Gasteiger partial charge in [-0.1, -0.05) is 72.3 Å². The van der Waals surface area contributed by atoms with Gasteiger partial charge in [-0.15, -0.1) is 0 Å². The molecular formula is C25H22N2. The first-order chi connectivity index (χ1) is 13.2. The summed E-state index contributed by atoms with van der Waals surface area (Å²) in [6, 6.07) is 27.4. The largest absolute Gasteiger partial charge is 0.356 e. The van der Waals surface area contributed by atoms with E-state index < -0.39 is 5.54 Å². The molecule has 3 aromatic carbocycles. The Morgan fingerprint density at radius 3 is 2.33 bits per heavy atom. The Morgan fingerprint density at radius 2 is 1.56 bits per heavy atom. The second kappa shape index (κ2) is 6.26. The predicted molar refractivity (Wildman–Crippen MR) is 113 cm³/mol. The lowest BCUT2D eigenvalue weighted by atomic mass is 9.79.